The van der Waals surface area contributed by atoms with Crippen LogP contribution in [0.2, 0.25) is 0 Å². The highest BCUT2D eigenvalue weighted by molar-refractivity contribution is 9.10. The molecule has 2 aromatic rings. The number of fused-ring (bicyclic) bond motifs is 1. The second-order valence-corrected chi connectivity index (χ2v) is 4.49. The predicted octanol–water partition coefficient (Wildman–Crippen LogP) is 2.12. The molecule has 0 aliphatic heterocycles. The molecule has 84 valence electrons. The molecule has 0 aromatic carbocycles. The number of hydrogen-bond acceptors (Lipinski definition) is 3. The molecule has 0 spiro atoms. The first-order chi connectivity index (χ1) is 7.63. The fraction of sp³-hybridized carbons (Fsp3) is 0.273. The van der Waals surface area contributed by atoms with E-state index in [1.54, 1.807) is 6.20 Å². The van der Waals surface area contributed by atoms with Crippen molar-refractivity contribution in [2.45, 2.75) is 19.8 Å². The Bertz CT molecular complexity index is 592. The van der Waals surface area contributed by atoms with Crippen molar-refractivity contribution in [3.63, 3.8) is 0 Å². The Balaban J connectivity index is 2.78. The summed E-state index contributed by atoms with van der Waals surface area (Å²) in [4.78, 5) is 16.1. The zero-order chi connectivity index (χ0) is 11.7. The molecule has 0 saturated heterocycles. The first-order valence-electron chi connectivity index (χ1n) is 5.02. The van der Waals surface area contributed by atoms with Gasteiger partial charge in [-0.25, -0.2) is 4.98 Å². The maximum absolute atomic E-state index is 12.0. The van der Waals surface area contributed by atoms with Gasteiger partial charge in [-0.3, -0.25) is 9.20 Å². The molecule has 0 radical (unpaired) electrons. The number of aryl methyl sites for hydroxylation is 1. The molecule has 0 atom stereocenters. The Hall–Kier alpha value is -1.36. The lowest BCUT2D eigenvalue weighted by molar-refractivity contribution is 0.476. The van der Waals surface area contributed by atoms with Crippen LogP contribution in [0.5, 0.6) is 5.75 Å². The summed E-state index contributed by atoms with van der Waals surface area (Å²) in [6.07, 6.45) is 4.74. The fourth-order valence-corrected chi connectivity index (χ4v) is 2.03. The summed E-state index contributed by atoms with van der Waals surface area (Å²) in [7, 11) is 0. The summed E-state index contributed by atoms with van der Waals surface area (Å²) >= 11 is 3.23. The van der Waals surface area contributed by atoms with Crippen molar-refractivity contribution in [1.82, 2.24) is 9.38 Å². The van der Waals surface area contributed by atoms with Crippen LogP contribution >= 0.6 is 15.9 Å². The molecular formula is C11H11BrN2O2. The van der Waals surface area contributed by atoms with E-state index in [1.165, 1.54) is 16.7 Å². The van der Waals surface area contributed by atoms with Gasteiger partial charge in [-0.15, -0.1) is 0 Å². The van der Waals surface area contributed by atoms with Gasteiger partial charge in [0.15, 0.2) is 11.4 Å². The van der Waals surface area contributed by atoms with Crippen LogP contribution in [0.4, 0.5) is 0 Å². The van der Waals surface area contributed by atoms with Crippen LogP contribution in [0.25, 0.3) is 5.65 Å². The molecule has 2 heterocycles. The topological polar surface area (TPSA) is 54.6 Å². The number of rotatable bonds is 2. The minimum Gasteiger partial charge on any atom is -0.504 e. The van der Waals surface area contributed by atoms with Gasteiger partial charge < -0.3 is 5.11 Å². The molecule has 0 fully saturated rings. The van der Waals surface area contributed by atoms with Crippen molar-refractivity contribution in [3.8, 4) is 5.75 Å². The fourth-order valence-electron chi connectivity index (χ4n) is 1.61. The lowest BCUT2D eigenvalue weighted by atomic mass is 10.2. The van der Waals surface area contributed by atoms with E-state index in [2.05, 4.69) is 20.9 Å². The Labute approximate surface area is 101 Å². The predicted molar refractivity (Wildman–Crippen MR) is 64.8 cm³/mol. The lowest BCUT2D eigenvalue weighted by Gasteiger charge is -2.05. The standard InChI is InChI=1S/C11H11BrN2O2/c1-2-3-7-5-13-10-9(15)4-8(12)6-14(10)11(7)16/h4-6,15H,2-3H2,1H3. The van der Waals surface area contributed by atoms with E-state index in [1.807, 2.05) is 6.92 Å². The Morgan fingerprint density at radius 3 is 3.00 bits per heavy atom. The molecule has 16 heavy (non-hydrogen) atoms. The first-order valence-corrected chi connectivity index (χ1v) is 5.81. The van der Waals surface area contributed by atoms with Crippen LogP contribution in [-0.4, -0.2) is 14.5 Å². The number of hydrogen-bond donors (Lipinski definition) is 1. The zero-order valence-corrected chi connectivity index (χ0v) is 10.4. The van der Waals surface area contributed by atoms with Crippen molar-refractivity contribution >= 4 is 21.6 Å². The van der Waals surface area contributed by atoms with Gasteiger partial charge in [0.1, 0.15) is 0 Å². The normalized spacial score (nSPS) is 10.9. The van der Waals surface area contributed by atoms with Crippen molar-refractivity contribution in [2.24, 2.45) is 0 Å². The van der Waals surface area contributed by atoms with Crippen LogP contribution in [0.15, 0.2) is 27.7 Å². The van der Waals surface area contributed by atoms with Gasteiger partial charge in [0.05, 0.1) is 0 Å². The summed E-state index contributed by atoms with van der Waals surface area (Å²) in [5.41, 5.74) is 0.828. The second kappa shape index (κ2) is 4.25. The molecule has 2 rings (SSSR count). The monoisotopic (exact) mass is 282 g/mol. The molecule has 0 unspecified atom stereocenters. The van der Waals surface area contributed by atoms with E-state index >= 15 is 0 Å². The van der Waals surface area contributed by atoms with Crippen LogP contribution in [0.3, 0.4) is 0 Å². The van der Waals surface area contributed by atoms with Gasteiger partial charge in [-0.2, -0.15) is 0 Å². The number of aromatic hydroxyl groups is 1. The Morgan fingerprint density at radius 2 is 2.31 bits per heavy atom. The smallest absolute Gasteiger partial charge is 0.261 e. The molecule has 4 nitrogen and oxygen atoms in total. The average molecular weight is 283 g/mol. The van der Waals surface area contributed by atoms with Gasteiger partial charge in [0.2, 0.25) is 0 Å². The number of nitrogens with zero attached hydrogens (tertiary/aromatic N) is 2. The molecule has 0 saturated carbocycles. The molecule has 0 aliphatic carbocycles. The number of pyridine rings is 1. The molecule has 0 amide bonds. The van der Waals surface area contributed by atoms with Crippen LogP contribution < -0.4 is 5.56 Å². The zero-order valence-electron chi connectivity index (χ0n) is 8.77. The molecule has 2 aromatic heterocycles. The average Bonchev–Trinajstić information content (AvgIpc) is 2.23. The SMILES string of the molecule is CCCc1cnc2c(O)cc(Br)cn2c1=O. The lowest BCUT2D eigenvalue weighted by Crippen LogP contribution is -2.19. The Morgan fingerprint density at radius 1 is 1.56 bits per heavy atom. The third-order valence-electron chi connectivity index (χ3n) is 2.34. The van der Waals surface area contributed by atoms with Gasteiger partial charge in [0, 0.05) is 22.4 Å². The molecule has 1 N–H and O–H groups in total. The minimum absolute atomic E-state index is 0.00507. The molecular weight excluding hydrogens is 272 g/mol. The minimum atomic E-state index is -0.122. The number of halogens is 1. The molecule has 0 bridgehead atoms. The van der Waals surface area contributed by atoms with Gasteiger partial charge >= 0.3 is 0 Å². The van der Waals surface area contributed by atoms with Crippen molar-refractivity contribution in [1.29, 1.82) is 0 Å². The molecule has 0 aliphatic rings. The van der Waals surface area contributed by atoms with E-state index in [9.17, 15) is 9.90 Å². The molecule has 5 heteroatoms. The van der Waals surface area contributed by atoms with Crippen LogP contribution in [0, 0.1) is 0 Å². The van der Waals surface area contributed by atoms with Crippen LogP contribution in [-0.2, 0) is 6.42 Å². The summed E-state index contributed by atoms with van der Waals surface area (Å²) in [5, 5.41) is 9.65. The van der Waals surface area contributed by atoms with Gasteiger partial charge in [-0.05, 0) is 28.4 Å². The van der Waals surface area contributed by atoms with Gasteiger partial charge in [0.25, 0.3) is 5.56 Å². The largest absolute Gasteiger partial charge is 0.504 e. The van der Waals surface area contributed by atoms with E-state index in [4.69, 9.17) is 0 Å². The third-order valence-corrected chi connectivity index (χ3v) is 2.77. The highest BCUT2D eigenvalue weighted by Crippen LogP contribution is 2.20. The van der Waals surface area contributed by atoms with Crippen molar-refractivity contribution in [3.05, 3.63) is 38.9 Å². The van der Waals surface area contributed by atoms with E-state index < -0.39 is 0 Å². The highest BCUT2D eigenvalue weighted by atomic mass is 79.9. The van der Waals surface area contributed by atoms with E-state index in [0.29, 0.717) is 16.5 Å². The quantitative estimate of drug-likeness (QED) is 0.918. The summed E-state index contributed by atoms with van der Waals surface area (Å²) in [6, 6.07) is 1.52. The summed E-state index contributed by atoms with van der Waals surface area (Å²) in [5.74, 6) is -0.00507. The van der Waals surface area contributed by atoms with Crippen molar-refractivity contribution in [2.75, 3.05) is 0 Å². The summed E-state index contributed by atoms with van der Waals surface area (Å²) < 4.78 is 2.01. The maximum Gasteiger partial charge on any atom is 0.261 e. The maximum atomic E-state index is 12.0. The van der Waals surface area contributed by atoms with Gasteiger partial charge in [-0.1, -0.05) is 13.3 Å². The summed E-state index contributed by atoms with van der Waals surface area (Å²) in [6.45, 7) is 2.01. The number of aromatic nitrogens is 2. The van der Waals surface area contributed by atoms with Crippen molar-refractivity contribution < 1.29 is 5.11 Å². The third kappa shape index (κ3) is 1.82. The Kier molecular flexibility index (Phi) is 2.96. The van der Waals surface area contributed by atoms with E-state index in [-0.39, 0.29) is 17.0 Å². The highest BCUT2D eigenvalue weighted by Gasteiger charge is 2.08. The second-order valence-electron chi connectivity index (χ2n) is 3.58. The van der Waals surface area contributed by atoms with Crippen LogP contribution in [0.1, 0.15) is 18.9 Å². The van der Waals surface area contributed by atoms with E-state index in [0.717, 1.165) is 6.42 Å². The first kappa shape index (κ1) is 11.1.